The topological polar surface area (TPSA) is 72.2 Å². The summed E-state index contributed by atoms with van der Waals surface area (Å²) in [5, 5.41) is 0.576. The summed E-state index contributed by atoms with van der Waals surface area (Å²) in [6, 6.07) is 7.55. The Labute approximate surface area is 131 Å². The first-order valence-corrected chi connectivity index (χ1v) is 10.3. The Kier molecular flexibility index (Phi) is 6.10. The molecule has 1 aromatic rings. The fourth-order valence-electron chi connectivity index (χ4n) is 2.83. The summed E-state index contributed by atoms with van der Waals surface area (Å²) >= 11 is 1.84. The third-order valence-electron chi connectivity index (χ3n) is 3.89. The second-order valence-electron chi connectivity index (χ2n) is 5.62. The van der Waals surface area contributed by atoms with Crippen molar-refractivity contribution >= 4 is 21.8 Å². The van der Waals surface area contributed by atoms with Gasteiger partial charge in [0.25, 0.3) is 0 Å². The van der Waals surface area contributed by atoms with Gasteiger partial charge in [-0.05, 0) is 36.6 Å². The van der Waals surface area contributed by atoms with Gasteiger partial charge in [-0.2, -0.15) is 11.8 Å². The molecular formula is C15H24N2O2S2. The second kappa shape index (κ2) is 7.63. The van der Waals surface area contributed by atoms with Gasteiger partial charge in [0.05, 0.1) is 5.75 Å². The zero-order valence-electron chi connectivity index (χ0n) is 12.4. The molecule has 0 aliphatic heterocycles. The van der Waals surface area contributed by atoms with Gasteiger partial charge >= 0.3 is 0 Å². The number of thioether (sulfide) groups is 1. The number of nitrogens with one attached hydrogen (secondary N) is 1. The molecule has 0 aromatic heterocycles. The Bertz CT molecular complexity index is 561. The van der Waals surface area contributed by atoms with Crippen molar-refractivity contribution in [3.8, 4) is 0 Å². The molecule has 3 N–H and O–H groups in total. The van der Waals surface area contributed by atoms with Gasteiger partial charge in [0, 0.05) is 17.8 Å². The summed E-state index contributed by atoms with van der Waals surface area (Å²) < 4.78 is 27.5. The average molecular weight is 329 g/mol. The minimum Gasteiger partial charge on any atom is -0.326 e. The van der Waals surface area contributed by atoms with Crippen LogP contribution in [0.5, 0.6) is 0 Å². The standard InChI is InChI=1S/C15H24N2O2S2/c1-20-15-7-3-6-14(9-15)17-21(18,19)11-13-5-2-4-12(8-13)10-16/h2,4-5,8,14-15,17H,3,6-7,9-11,16H2,1H3. The third-order valence-corrected chi connectivity index (χ3v) is 6.39. The molecule has 1 aromatic carbocycles. The van der Waals surface area contributed by atoms with Crippen molar-refractivity contribution in [3.05, 3.63) is 35.4 Å². The van der Waals surface area contributed by atoms with E-state index in [0.717, 1.165) is 30.4 Å². The van der Waals surface area contributed by atoms with Gasteiger partial charge in [0.2, 0.25) is 10.0 Å². The summed E-state index contributed by atoms with van der Waals surface area (Å²) in [5.74, 6) is 0.0290. The summed E-state index contributed by atoms with van der Waals surface area (Å²) in [6.07, 6.45) is 6.27. The maximum atomic E-state index is 12.3. The predicted octanol–water partition coefficient (Wildman–Crippen LogP) is 2.24. The van der Waals surface area contributed by atoms with E-state index in [4.69, 9.17) is 5.73 Å². The number of hydrogen-bond donors (Lipinski definition) is 2. The lowest BCUT2D eigenvalue weighted by atomic mass is 9.96. The molecule has 0 saturated heterocycles. The molecule has 0 amide bonds. The van der Waals surface area contributed by atoms with E-state index in [1.54, 1.807) is 0 Å². The molecule has 0 bridgehead atoms. The van der Waals surface area contributed by atoms with Crippen LogP contribution in [0.1, 0.15) is 36.8 Å². The van der Waals surface area contributed by atoms with E-state index in [2.05, 4.69) is 11.0 Å². The van der Waals surface area contributed by atoms with Crippen molar-refractivity contribution in [2.45, 2.75) is 49.3 Å². The minimum atomic E-state index is -3.29. The molecule has 2 atom stereocenters. The first kappa shape index (κ1) is 16.8. The second-order valence-corrected chi connectivity index (χ2v) is 8.51. The van der Waals surface area contributed by atoms with Crippen LogP contribution in [0.15, 0.2) is 24.3 Å². The average Bonchev–Trinajstić information content (AvgIpc) is 2.46. The van der Waals surface area contributed by atoms with E-state index in [-0.39, 0.29) is 11.8 Å². The van der Waals surface area contributed by atoms with E-state index < -0.39 is 10.0 Å². The number of benzene rings is 1. The SMILES string of the molecule is CSC1CCCC(NS(=O)(=O)Cc2cccc(CN)c2)C1. The number of hydrogen-bond acceptors (Lipinski definition) is 4. The molecule has 4 nitrogen and oxygen atoms in total. The van der Waals surface area contributed by atoms with Crippen LogP contribution in [0.4, 0.5) is 0 Å². The van der Waals surface area contributed by atoms with Gasteiger partial charge in [-0.15, -0.1) is 0 Å². The molecule has 1 fully saturated rings. The first-order valence-electron chi connectivity index (χ1n) is 7.33. The summed E-state index contributed by atoms with van der Waals surface area (Å²) in [5.41, 5.74) is 7.35. The zero-order chi connectivity index (χ0) is 15.3. The molecule has 0 radical (unpaired) electrons. The maximum absolute atomic E-state index is 12.3. The Morgan fingerprint density at radius 2 is 2.10 bits per heavy atom. The molecule has 0 spiro atoms. The van der Waals surface area contributed by atoms with Crippen molar-refractivity contribution in [2.24, 2.45) is 5.73 Å². The predicted molar refractivity (Wildman–Crippen MR) is 89.7 cm³/mol. The Morgan fingerprint density at radius 1 is 1.33 bits per heavy atom. The summed E-state index contributed by atoms with van der Waals surface area (Å²) in [4.78, 5) is 0. The lowest BCUT2D eigenvalue weighted by Crippen LogP contribution is -2.39. The van der Waals surface area contributed by atoms with Crippen LogP contribution in [0.25, 0.3) is 0 Å². The molecule has 2 rings (SSSR count). The maximum Gasteiger partial charge on any atom is 0.216 e. The van der Waals surface area contributed by atoms with Crippen LogP contribution >= 0.6 is 11.8 Å². The van der Waals surface area contributed by atoms with Crippen molar-refractivity contribution in [3.63, 3.8) is 0 Å². The number of rotatable bonds is 6. The fraction of sp³-hybridized carbons (Fsp3) is 0.600. The van der Waals surface area contributed by atoms with Crippen LogP contribution in [0.3, 0.4) is 0 Å². The van der Waals surface area contributed by atoms with E-state index in [0.29, 0.717) is 11.8 Å². The highest BCUT2D eigenvalue weighted by Gasteiger charge is 2.25. The van der Waals surface area contributed by atoms with E-state index in [9.17, 15) is 8.42 Å². The number of sulfonamides is 1. The quantitative estimate of drug-likeness (QED) is 0.840. The Morgan fingerprint density at radius 3 is 2.81 bits per heavy atom. The van der Waals surface area contributed by atoms with Crippen LogP contribution in [-0.4, -0.2) is 26.0 Å². The van der Waals surface area contributed by atoms with Gasteiger partial charge in [-0.3, -0.25) is 0 Å². The highest BCUT2D eigenvalue weighted by molar-refractivity contribution is 7.99. The molecule has 1 saturated carbocycles. The Balaban J connectivity index is 1.98. The third kappa shape index (κ3) is 5.29. The van der Waals surface area contributed by atoms with Gasteiger partial charge < -0.3 is 5.73 Å². The Hall–Kier alpha value is -0.560. The van der Waals surface area contributed by atoms with Crippen LogP contribution in [-0.2, 0) is 22.3 Å². The monoisotopic (exact) mass is 328 g/mol. The number of nitrogens with two attached hydrogens (primary N) is 1. The van der Waals surface area contributed by atoms with Crippen molar-refractivity contribution < 1.29 is 8.42 Å². The first-order chi connectivity index (χ1) is 10.0. The molecule has 1 aliphatic rings. The molecule has 0 heterocycles. The van der Waals surface area contributed by atoms with Crippen molar-refractivity contribution in [1.82, 2.24) is 4.72 Å². The lowest BCUT2D eigenvalue weighted by molar-refractivity contribution is 0.420. The normalized spacial score (nSPS) is 23.1. The summed E-state index contributed by atoms with van der Waals surface area (Å²) in [6.45, 7) is 0.430. The van der Waals surface area contributed by atoms with Gasteiger partial charge in [0.15, 0.2) is 0 Å². The van der Waals surface area contributed by atoms with Crippen molar-refractivity contribution in [1.29, 1.82) is 0 Å². The van der Waals surface area contributed by atoms with Crippen LogP contribution in [0.2, 0.25) is 0 Å². The van der Waals surface area contributed by atoms with E-state index in [1.807, 2.05) is 36.0 Å². The van der Waals surface area contributed by atoms with E-state index >= 15 is 0 Å². The molecular weight excluding hydrogens is 304 g/mol. The fourth-order valence-corrected chi connectivity index (χ4v) is 5.08. The molecule has 2 unspecified atom stereocenters. The smallest absolute Gasteiger partial charge is 0.216 e. The molecule has 6 heteroatoms. The zero-order valence-corrected chi connectivity index (χ0v) is 14.1. The van der Waals surface area contributed by atoms with Crippen molar-refractivity contribution in [2.75, 3.05) is 6.26 Å². The molecule has 1 aliphatic carbocycles. The highest BCUT2D eigenvalue weighted by Crippen LogP contribution is 2.27. The lowest BCUT2D eigenvalue weighted by Gasteiger charge is -2.28. The van der Waals surface area contributed by atoms with Gasteiger partial charge in [-0.1, -0.05) is 30.7 Å². The van der Waals surface area contributed by atoms with Crippen LogP contribution < -0.4 is 10.5 Å². The van der Waals surface area contributed by atoms with Gasteiger partial charge in [0.1, 0.15) is 0 Å². The van der Waals surface area contributed by atoms with Crippen LogP contribution in [0, 0.1) is 0 Å². The van der Waals surface area contributed by atoms with Gasteiger partial charge in [-0.25, -0.2) is 13.1 Å². The molecule has 21 heavy (non-hydrogen) atoms. The van der Waals surface area contributed by atoms with E-state index in [1.165, 1.54) is 6.42 Å². The minimum absolute atomic E-state index is 0.0290. The highest BCUT2D eigenvalue weighted by atomic mass is 32.2. The largest absolute Gasteiger partial charge is 0.326 e. The summed E-state index contributed by atoms with van der Waals surface area (Å²) in [7, 11) is -3.29. The molecule has 118 valence electrons.